The molecule has 0 aliphatic carbocycles. The topological polar surface area (TPSA) is 57.8 Å². The van der Waals surface area contributed by atoms with Crippen LogP contribution in [-0.4, -0.2) is 21.6 Å². The number of amides is 1. The van der Waals surface area contributed by atoms with Crippen LogP contribution in [-0.2, 0) is 4.79 Å². The van der Waals surface area contributed by atoms with Crippen molar-refractivity contribution in [2.45, 2.75) is 24.3 Å². The molecule has 0 radical (unpaired) electrons. The Balaban J connectivity index is 1.88. The van der Waals surface area contributed by atoms with E-state index in [2.05, 4.69) is 15.3 Å². The summed E-state index contributed by atoms with van der Waals surface area (Å²) in [5.74, 6) is -1.17. The zero-order valence-electron chi connectivity index (χ0n) is 11.4. The fourth-order valence-corrected chi connectivity index (χ4v) is 2.52. The molecule has 1 heterocycles. The molecule has 2 N–H and O–H groups in total. The highest BCUT2D eigenvalue weighted by molar-refractivity contribution is 8.00. The Morgan fingerprint density at radius 3 is 2.86 bits per heavy atom. The van der Waals surface area contributed by atoms with Crippen LogP contribution >= 0.6 is 11.8 Å². The lowest BCUT2D eigenvalue weighted by atomic mass is 10.2. The van der Waals surface area contributed by atoms with Crippen molar-refractivity contribution >= 4 is 17.7 Å². The van der Waals surface area contributed by atoms with Gasteiger partial charge in [0.1, 0.15) is 5.82 Å². The maximum Gasteiger partial charge on any atom is 0.230 e. The molecule has 1 atom stereocenters. The van der Waals surface area contributed by atoms with E-state index in [1.807, 2.05) is 6.92 Å². The van der Waals surface area contributed by atoms with E-state index in [-0.39, 0.29) is 17.7 Å². The highest BCUT2D eigenvalue weighted by Gasteiger charge is 2.15. The van der Waals surface area contributed by atoms with Crippen LogP contribution in [0.2, 0.25) is 0 Å². The summed E-state index contributed by atoms with van der Waals surface area (Å²) in [4.78, 5) is 19.5. The van der Waals surface area contributed by atoms with Crippen molar-refractivity contribution in [2.24, 2.45) is 0 Å². The van der Waals surface area contributed by atoms with E-state index < -0.39 is 11.6 Å². The van der Waals surface area contributed by atoms with Crippen LogP contribution in [0.1, 0.15) is 25.2 Å². The first-order valence-electron chi connectivity index (χ1n) is 6.46. The summed E-state index contributed by atoms with van der Waals surface area (Å²) in [6.45, 7) is 1.94. The van der Waals surface area contributed by atoms with Crippen molar-refractivity contribution in [1.29, 1.82) is 0 Å². The number of aromatic amines is 1. The van der Waals surface area contributed by atoms with Crippen LogP contribution in [0.5, 0.6) is 0 Å². The lowest BCUT2D eigenvalue weighted by molar-refractivity contribution is -0.119. The predicted octanol–water partition coefficient (Wildman–Crippen LogP) is 3.05. The molecule has 0 spiro atoms. The van der Waals surface area contributed by atoms with Gasteiger partial charge in [-0.3, -0.25) is 4.79 Å². The van der Waals surface area contributed by atoms with Crippen molar-refractivity contribution in [3.05, 3.63) is 48.1 Å². The van der Waals surface area contributed by atoms with Crippen LogP contribution < -0.4 is 5.32 Å². The first-order valence-corrected chi connectivity index (χ1v) is 7.45. The lowest BCUT2D eigenvalue weighted by Gasteiger charge is -2.14. The Morgan fingerprint density at radius 2 is 2.24 bits per heavy atom. The molecule has 0 saturated carbocycles. The van der Waals surface area contributed by atoms with Crippen LogP contribution in [0.4, 0.5) is 8.78 Å². The van der Waals surface area contributed by atoms with E-state index in [0.717, 1.165) is 23.9 Å². The normalized spacial score (nSPS) is 12.1. The van der Waals surface area contributed by atoms with Gasteiger partial charge < -0.3 is 10.3 Å². The van der Waals surface area contributed by atoms with Gasteiger partial charge in [-0.1, -0.05) is 6.92 Å². The number of aromatic nitrogens is 2. The summed E-state index contributed by atoms with van der Waals surface area (Å²) < 4.78 is 25.9. The molecule has 2 aromatic rings. The molecular weight excluding hydrogens is 296 g/mol. The summed E-state index contributed by atoms with van der Waals surface area (Å²) >= 11 is 1.15. The van der Waals surface area contributed by atoms with Crippen molar-refractivity contribution in [3.63, 3.8) is 0 Å². The minimum Gasteiger partial charge on any atom is -0.347 e. The number of H-pyrrole nitrogens is 1. The van der Waals surface area contributed by atoms with Crippen LogP contribution in [0.15, 0.2) is 35.5 Å². The van der Waals surface area contributed by atoms with E-state index in [9.17, 15) is 13.6 Å². The summed E-state index contributed by atoms with van der Waals surface area (Å²) in [5.41, 5.74) is 0. The molecule has 0 aliphatic rings. The lowest BCUT2D eigenvalue weighted by Crippen LogP contribution is -2.30. The van der Waals surface area contributed by atoms with Gasteiger partial charge in [-0.15, -0.1) is 11.8 Å². The van der Waals surface area contributed by atoms with Gasteiger partial charge in [0.05, 0.1) is 11.8 Å². The number of hydrogen-bond donors (Lipinski definition) is 2. The molecule has 2 rings (SSSR count). The average Bonchev–Trinajstić information content (AvgIpc) is 3.00. The molecule has 0 aliphatic heterocycles. The Hall–Kier alpha value is -1.89. The number of nitrogens with one attached hydrogen (secondary N) is 2. The number of benzene rings is 1. The monoisotopic (exact) mass is 311 g/mol. The third-order valence-corrected chi connectivity index (χ3v) is 3.85. The predicted molar refractivity (Wildman–Crippen MR) is 76.8 cm³/mol. The van der Waals surface area contributed by atoms with Crippen molar-refractivity contribution in [3.8, 4) is 0 Å². The highest BCUT2D eigenvalue weighted by Crippen LogP contribution is 2.20. The number of carbonyl (C=O) groups excluding carboxylic acids is 1. The number of halogens is 2. The summed E-state index contributed by atoms with van der Waals surface area (Å²) in [6.07, 6.45) is 4.02. The van der Waals surface area contributed by atoms with E-state index >= 15 is 0 Å². The largest absolute Gasteiger partial charge is 0.347 e. The Kier molecular flexibility index (Phi) is 5.32. The molecule has 4 nitrogen and oxygen atoms in total. The second kappa shape index (κ2) is 7.21. The second-order valence-electron chi connectivity index (χ2n) is 4.37. The first kappa shape index (κ1) is 15.5. The highest BCUT2D eigenvalue weighted by atomic mass is 32.2. The number of imidazole rings is 1. The number of rotatable bonds is 6. The fourth-order valence-electron chi connectivity index (χ4n) is 1.78. The van der Waals surface area contributed by atoms with Crippen molar-refractivity contribution in [2.75, 3.05) is 5.75 Å². The smallest absolute Gasteiger partial charge is 0.230 e. The van der Waals surface area contributed by atoms with Crippen LogP contribution in [0.25, 0.3) is 0 Å². The second-order valence-corrected chi connectivity index (χ2v) is 5.42. The van der Waals surface area contributed by atoms with E-state index in [4.69, 9.17) is 0 Å². The van der Waals surface area contributed by atoms with Crippen molar-refractivity contribution < 1.29 is 13.6 Å². The maximum atomic E-state index is 13.1. The Bertz CT molecular complexity index is 604. The third-order valence-electron chi connectivity index (χ3n) is 2.85. The zero-order chi connectivity index (χ0) is 15.2. The van der Waals surface area contributed by atoms with Gasteiger partial charge in [0.15, 0.2) is 11.6 Å². The van der Waals surface area contributed by atoms with Crippen molar-refractivity contribution in [1.82, 2.24) is 15.3 Å². The van der Waals surface area contributed by atoms with Gasteiger partial charge in [0.25, 0.3) is 0 Å². The molecule has 1 amide bonds. The van der Waals surface area contributed by atoms with Gasteiger partial charge in [0.2, 0.25) is 5.91 Å². The molecule has 0 fully saturated rings. The standard InChI is InChI=1S/C14H15F2N3OS/c1-2-12(14-17-5-6-18-14)19-13(20)8-21-9-3-4-10(15)11(16)7-9/h3-7,12H,2,8H2,1H3,(H,17,18)(H,19,20). The third kappa shape index (κ3) is 4.29. The summed E-state index contributed by atoms with van der Waals surface area (Å²) in [6, 6.07) is 3.39. The minimum absolute atomic E-state index is 0.127. The molecule has 1 unspecified atom stereocenters. The molecule has 21 heavy (non-hydrogen) atoms. The number of hydrogen-bond acceptors (Lipinski definition) is 3. The zero-order valence-corrected chi connectivity index (χ0v) is 12.2. The SMILES string of the molecule is CCC(NC(=O)CSc1ccc(F)c(F)c1)c1ncc[nH]1. The Morgan fingerprint density at radius 1 is 1.43 bits per heavy atom. The van der Waals surface area contributed by atoms with E-state index in [1.165, 1.54) is 6.07 Å². The number of carbonyl (C=O) groups is 1. The summed E-state index contributed by atoms with van der Waals surface area (Å²) in [5, 5.41) is 2.84. The fraction of sp³-hybridized carbons (Fsp3) is 0.286. The molecule has 112 valence electrons. The molecule has 7 heteroatoms. The van der Waals surface area contributed by atoms with Gasteiger partial charge in [-0.2, -0.15) is 0 Å². The van der Waals surface area contributed by atoms with Crippen LogP contribution in [0.3, 0.4) is 0 Å². The number of nitrogens with zero attached hydrogens (tertiary/aromatic N) is 1. The minimum atomic E-state index is -0.914. The van der Waals surface area contributed by atoms with Gasteiger partial charge in [-0.25, -0.2) is 13.8 Å². The van der Waals surface area contributed by atoms with Gasteiger partial charge >= 0.3 is 0 Å². The van der Waals surface area contributed by atoms with Gasteiger partial charge in [-0.05, 0) is 24.6 Å². The molecular formula is C14H15F2N3OS. The molecule has 1 aromatic carbocycles. The summed E-state index contributed by atoms with van der Waals surface area (Å²) in [7, 11) is 0. The molecule has 0 bridgehead atoms. The first-order chi connectivity index (χ1) is 10.1. The van der Waals surface area contributed by atoms with Gasteiger partial charge in [0, 0.05) is 17.3 Å². The quantitative estimate of drug-likeness (QED) is 0.806. The van der Waals surface area contributed by atoms with E-state index in [0.29, 0.717) is 17.1 Å². The Labute approximate surface area is 125 Å². The number of thioether (sulfide) groups is 1. The van der Waals surface area contributed by atoms with Crippen LogP contribution in [0, 0.1) is 11.6 Å². The maximum absolute atomic E-state index is 13.1. The van der Waals surface area contributed by atoms with E-state index in [1.54, 1.807) is 12.4 Å². The average molecular weight is 311 g/mol. The molecule has 1 aromatic heterocycles. The molecule has 0 saturated heterocycles.